The molecular weight excluding hydrogens is 507 g/mol. The summed E-state index contributed by atoms with van der Waals surface area (Å²) < 4.78 is 10.9. The van der Waals surface area contributed by atoms with Crippen molar-refractivity contribution in [1.29, 1.82) is 0 Å². The molecule has 0 unspecified atom stereocenters. The molecule has 0 radical (unpaired) electrons. The Labute approximate surface area is 203 Å². The van der Waals surface area contributed by atoms with E-state index in [1.165, 1.54) is 30.4 Å². The van der Waals surface area contributed by atoms with Crippen molar-refractivity contribution in [2.45, 2.75) is 52.0 Å². The Morgan fingerprint density at radius 1 is 1.10 bits per heavy atom. The first-order valence-electron chi connectivity index (χ1n) is 11.2. The number of halogens is 1. The maximum Gasteiger partial charge on any atom is 0.223 e. The number of fused-ring (bicyclic) bond motifs is 1. The largest absolute Gasteiger partial charge is 0.493 e. The van der Waals surface area contributed by atoms with Crippen LogP contribution in [-0.4, -0.2) is 57.2 Å². The lowest BCUT2D eigenvalue weighted by Gasteiger charge is -2.32. The number of nitrogens with zero attached hydrogens (tertiary/aromatic N) is 2. The molecule has 1 aliphatic carbocycles. The number of guanidine groups is 1. The van der Waals surface area contributed by atoms with E-state index in [0.29, 0.717) is 13.1 Å². The topological polar surface area (TPSA) is 75.2 Å². The van der Waals surface area contributed by atoms with Crippen molar-refractivity contribution in [3.05, 3.63) is 23.3 Å². The first kappa shape index (κ1) is 25.5. The van der Waals surface area contributed by atoms with Gasteiger partial charge in [-0.25, -0.2) is 0 Å². The van der Waals surface area contributed by atoms with Gasteiger partial charge in [-0.2, -0.15) is 0 Å². The van der Waals surface area contributed by atoms with Crippen LogP contribution in [-0.2, 0) is 17.8 Å². The molecule has 0 spiro atoms. The quantitative estimate of drug-likeness (QED) is 0.239. The van der Waals surface area contributed by atoms with Gasteiger partial charge in [-0.3, -0.25) is 9.79 Å². The number of carbonyl (C=O) groups excluding carboxylic acids is 1. The van der Waals surface area contributed by atoms with Gasteiger partial charge in [-0.05, 0) is 49.4 Å². The molecule has 0 bridgehead atoms. The molecule has 2 aliphatic rings. The van der Waals surface area contributed by atoms with Gasteiger partial charge in [0.25, 0.3) is 0 Å². The number of rotatable bonds is 7. The summed E-state index contributed by atoms with van der Waals surface area (Å²) in [6, 6.07) is 4.14. The summed E-state index contributed by atoms with van der Waals surface area (Å²) in [5, 5.41) is 6.47. The molecule has 1 amide bonds. The molecule has 1 aromatic rings. The molecule has 1 aliphatic heterocycles. The number of methoxy groups -OCH3 is 2. The minimum Gasteiger partial charge on any atom is -0.493 e. The fraction of sp³-hybridized carbons (Fsp3) is 0.652. The lowest BCUT2D eigenvalue weighted by Crippen LogP contribution is -2.44. The molecular formula is C23H37IN4O3. The summed E-state index contributed by atoms with van der Waals surface area (Å²) in [5.74, 6) is 2.82. The smallest absolute Gasteiger partial charge is 0.223 e. The highest BCUT2D eigenvalue weighted by atomic mass is 127. The molecule has 1 aromatic carbocycles. The Morgan fingerprint density at radius 3 is 2.42 bits per heavy atom. The lowest BCUT2D eigenvalue weighted by atomic mass is 9.89. The van der Waals surface area contributed by atoms with Crippen molar-refractivity contribution < 1.29 is 14.3 Å². The second kappa shape index (κ2) is 13.0. The van der Waals surface area contributed by atoms with Crippen molar-refractivity contribution in [2.24, 2.45) is 10.9 Å². The maximum atomic E-state index is 12.3. The van der Waals surface area contributed by atoms with E-state index in [1.54, 1.807) is 14.2 Å². The zero-order valence-corrected chi connectivity index (χ0v) is 21.4. The van der Waals surface area contributed by atoms with Gasteiger partial charge in [0, 0.05) is 32.1 Å². The minimum absolute atomic E-state index is 0. The molecule has 3 rings (SSSR count). The fourth-order valence-corrected chi connectivity index (χ4v) is 4.34. The highest BCUT2D eigenvalue weighted by molar-refractivity contribution is 14.0. The standard InChI is InChI=1S/C23H36N4O3.HI/c1-4-24-23(26-12-11-25-22(28)17-8-6-5-7-9-17)27-13-10-18-14-20(29-2)21(30-3)15-19(18)16-27;/h14-15,17H,4-13,16H2,1-3H3,(H,24,26)(H,25,28);1H. The van der Waals surface area contributed by atoms with Gasteiger partial charge in [0.15, 0.2) is 17.5 Å². The Balaban J connectivity index is 0.00000341. The average molecular weight is 544 g/mol. The van der Waals surface area contributed by atoms with Gasteiger partial charge in [-0.1, -0.05) is 19.3 Å². The molecule has 0 aromatic heterocycles. The Kier molecular flexibility index (Phi) is 10.7. The first-order valence-corrected chi connectivity index (χ1v) is 11.2. The Morgan fingerprint density at radius 2 is 1.77 bits per heavy atom. The summed E-state index contributed by atoms with van der Waals surface area (Å²) in [6.07, 6.45) is 6.59. The summed E-state index contributed by atoms with van der Waals surface area (Å²) in [7, 11) is 3.33. The highest BCUT2D eigenvalue weighted by Gasteiger charge is 2.22. The fourth-order valence-electron chi connectivity index (χ4n) is 4.34. The lowest BCUT2D eigenvalue weighted by molar-refractivity contribution is -0.125. The zero-order chi connectivity index (χ0) is 21.3. The van der Waals surface area contributed by atoms with Crippen LogP contribution in [0.5, 0.6) is 11.5 Å². The van der Waals surface area contributed by atoms with Gasteiger partial charge < -0.3 is 25.0 Å². The monoisotopic (exact) mass is 544 g/mol. The van der Waals surface area contributed by atoms with Crippen molar-refractivity contribution >= 4 is 35.8 Å². The van der Waals surface area contributed by atoms with Gasteiger partial charge in [0.1, 0.15) is 0 Å². The van der Waals surface area contributed by atoms with Crippen LogP contribution in [0.3, 0.4) is 0 Å². The number of amides is 1. The van der Waals surface area contributed by atoms with E-state index in [2.05, 4.69) is 34.6 Å². The average Bonchev–Trinajstić information content (AvgIpc) is 2.80. The third kappa shape index (κ3) is 6.89. The van der Waals surface area contributed by atoms with Crippen molar-refractivity contribution in [3.63, 3.8) is 0 Å². The summed E-state index contributed by atoms with van der Waals surface area (Å²) >= 11 is 0. The van der Waals surface area contributed by atoms with E-state index in [0.717, 1.165) is 56.4 Å². The number of carbonyl (C=O) groups is 1. The van der Waals surface area contributed by atoms with Gasteiger partial charge in [0.05, 0.1) is 20.8 Å². The van der Waals surface area contributed by atoms with E-state index in [1.807, 2.05) is 0 Å². The second-order valence-corrected chi connectivity index (χ2v) is 8.01. The third-order valence-electron chi connectivity index (χ3n) is 6.00. The molecule has 1 heterocycles. The van der Waals surface area contributed by atoms with Crippen molar-refractivity contribution in [3.8, 4) is 11.5 Å². The van der Waals surface area contributed by atoms with E-state index in [9.17, 15) is 4.79 Å². The van der Waals surface area contributed by atoms with E-state index >= 15 is 0 Å². The number of hydrogen-bond acceptors (Lipinski definition) is 4. The molecule has 1 fully saturated rings. The van der Waals surface area contributed by atoms with Crippen LogP contribution >= 0.6 is 24.0 Å². The second-order valence-electron chi connectivity index (χ2n) is 8.01. The molecule has 1 saturated carbocycles. The molecule has 174 valence electrons. The predicted molar refractivity (Wildman–Crippen MR) is 135 cm³/mol. The molecule has 8 heteroatoms. The van der Waals surface area contributed by atoms with Gasteiger partial charge in [0.2, 0.25) is 5.91 Å². The first-order chi connectivity index (χ1) is 14.7. The molecule has 31 heavy (non-hydrogen) atoms. The summed E-state index contributed by atoms with van der Waals surface area (Å²) in [5.41, 5.74) is 2.52. The van der Waals surface area contributed by atoms with Crippen LogP contribution in [0.15, 0.2) is 17.1 Å². The van der Waals surface area contributed by atoms with Crippen molar-refractivity contribution in [1.82, 2.24) is 15.5 Å². The Hall–Kier alpha value is -1.71. The van der Waals surface area contributed by atoms with Crippen LogP contribution in [0, 0.1) is 5.92 Å². The van der Waals surface area contributed by atoms with Gasteiger partial charge >= 0.3 is 0 Å². The molecule has 0 atom stereocenters. The number of hydrogen-bond donors (Lipinski definition) is 2. The number of nitrogens with one attached hydrogen (secondary N) is 2. The van der Waals surface area contributed by atoms with E-state index in [-0.39, 0.29) is 35.8 Å². The van der Waals surface area contributed by atoms with Gasteiger partial charge in [-0.15, -0.1) is 24.0 Å². The number of ether oxygens (including phenoxy) is 2. The highest BCUT2D eigenvalue weighted by Crippen LogP contribution is 2.33. The van der Waals surface area contributed by atoms with Crippen LogP contribution < -0.4 is 20.1 Å². The van der Waals surface area contributed by atoms with Crippen LogP contribution in [0.1, 0.15) is 50.2 Å². The zero-order valence-electron chi connectivity index (χ0n) is 19.0. The molecule has 7 nitrogen and oxygen atoms in total. The summed E-state index contributed by atoms with van der Waals surface area (Å²) in [4.78, 5) is 19.3. The Bertz CT molecular complexity index is 751. The summed E-state index contributed by atoms with van der Waals surface area (Å²) in [6.45, 7) is 5.71. The van der Waals surface area contributed by atoms with Crippen LogP contribution in [0.4, 0.5) is 0 Å². The SMILES string of the molecule is CCNC(=NCCNC(=O)C1CCCCC1)N1CCc2cc(OC)c(OC)cc2C1.I. The molecule has 2 N–H and O–H groups in total. The van der Waals surface area contributed by atoms with Crippen molar-refractivity contribution in [2.75, 3.05) is 40.4 Å². The molecule has 0 saturated heterocycles. The third-order valence-corrected chi connectivity index (χ3v) is 6.00. The van der Waals surface area contributed by atoms with E-state index in [4.69, 9.17) is 14.5 Å². The predicted octanol–water partition coefficient (Wildman–Crippen LogP) is 3.34. The maximum absolute atomic E-state index is 12.3. The van der Waals surface area contributed by atoms with Crippen LogP contribution in [0.25, 0.3) is 0 Å². The number of benzene rings is 1. The van der Waals surface area contributed by atoms with Crippen LogP contribution in [0.2, 0.25) is 0 Å². The normalized spacial score (nSPS) is 16.7. The van der Waals surface area contributed by atoms with E-state index < -0.39 is 0 Å². The minimum atomic E-state index is 0. The number of aliphatic imine (C=N–C) groups is 1.